The van der Waals surface area contributed by atoms with E-state index in [4.69, 9.17) is 9.47 Å². The van der Waals surface area contributed by atoms with E-state index in [0.717, 1.165) is 5.56 Å². The van der Waals surface area contributed by atoms with Crippen LogP contribution >= 0.6 is 0 Å². The molecule has 2 aliphatic rings. The number of carbonyl (C=O) groups is 3. The highest BCUT2D eigenvalue weighted by atomic mass is 16.6. The van der Waals surface area contributed by atoms with E-state index < -0.39 is 11.0 Å². The zero-order chi connectivity index (χ0) is 25.5. The van der Waals surface area contributed by atoms with Crippen molar-refractivity contribution >= 4 is 18.0 Å². The van der Waals surface area contributed by atoms with E-state index in [-0.39, 0.29) is 37.0 Å². The van der Waals surface area contributed by atoms with Crippen molar-refractivity contribution in [2.24, 2.45) is 5.41 Å². The van der Waals surface area contributed by atoms with E-state index in [0.29, 0.717) is 58.4 Å². The molecule has 8 nitrogen and oxygen atoms in total. The smallest absolute Gasteiger partial charge is 0.410 e. The summed E-state index contributed by atoms with van der Waals surface area (Å²) in [5.41, 5.74) is -0.426. The van der Waals surface area contributed by atoms with Gasteiger partial charge in [0.15, 0.2) is 0 Å². The third kappa shape index (κ3) is 7.43. The first-order chi connectivity index (χ1) is 16.6. The van der Waals surface area contributed by atoms with E-state index >= 15 is 0 Å². The van der Waals surface area contributed by atoms with Gasteiger partial charge >= 0.3 is 12.1 Å². The number of likely N-dealkylation sites (tertiary alicyclic amines) is 1. The minimum atomic E-state index is -0.787. The number of hydrogen-bond acceptors (Lipinski definition) is 6. The molecule has 0 unspecified atom stereocenters. The van der Waals surface area contributed by atoms with Crippen LogP contribution in [0.3, 0.4) is 0 Å². The molecule has 0 radical (unpaired) electrons. The molecule has 8 heteroatoms. The summed E-state index contributed by atoms with van der Waals surface area (Å²) in [6.07, 6.45) is 2.42. The molecule has 0 atom stereocenters. The number of piperidine rings is 2. The van der Waals surface area contributed by atoms with Gasteiger partial charge in [-0.2, -0.15) is 0 Å². The summed E-state index contributed by atoms with van der Waals surface area (Å²) in [4.78, 5) is 42.8. The van der Waals surface area contributed by atoms with Crippen LogP contribution in [0, 0.1) is 5.41 Å². The monoisotopic (exact) mass is 487 g/mol. The molecule has 194 valence electrons. The molecule has 35 heavy (non-hydrogen) atoms. The predicted molar refractivity (Wildman–Crippen MR) is 134 cm³/mol. The van der Waals surface area contributed by atoms with Crippen molar-refractivity contribution in [3.8, 4) is 0 Å². The molecule has 0 spiro atoms. The summed E-state index contributed by atoms with van der Waals surface area (Å²) in [6.45, 7) is 10.9. The fourth-order valence-corrected chi connectivity index (χ4v) is 4.94. The quantitative estimate of drug-likeness (QED) is 0.590. The van der Waals surface area contributed by atoms with Gasteiger partial charge in [-0.25, -0.2) is 4.79 Å². The van der Waals surface area contributed by atoms with E-state index in [1.54, 1.807) is 4.90 Å². The highest BCUT2D eigenvalue weighted by Gasteiger charge is 2.45. The van der Waals surface area contributed by atoms with Crippen molar-refractivity contribution in [1.29, 1.82) is 0 Å². The molecular weight excluding hydrogens is 446 g/mol. The van der Waals surface area contributed by atoms with Crippen molar-refractivity contribution < 1.29 is 23.9 Å². The van der Waals surface area contributed by atoms with Crippen molar-refractivity contribution in [3.05, 3.63) is 35.9 Å². The highest BCUT2D eigenvalue weighted by Crippen LogP contribution is 2.37. The topological polar surface area (TPSA) is 88.2 Å². The van der Waals surface area contributed by atoms with Gasteiger partial charge in [0, 0.05) is 32.1 Å². The number of benzene rings is 1. The van der Waals surface area contributed by atoms with Crippen LogP contribution in [0.25, 0.3) is 0 Å². The van der Waals surface area contributed by atoms with Crippen LogP contribution in [-0.2, 0) is 25.7 Å². The lowest BCUT2D eigenvalue weighted by Gasteiger charge is -2.41. The Morgan fingerprint density at radius 2 is 1.71 bits per heavy atom. The predicted octanol–water partition coefficient (Wildman–Crippen LogP) is 3.74. The van der Waals surface area contributed by atoms with Crippen LogP contribution in [0.5, 0.6) is 0 Å². The number of nitrogens with one attached hydrogen (secondary N) is 1. The lowest BCUT2D eigenvalue weighted by atomic mass is 9.75. The van der Waals surface area contributed by atoms with E-state index in [1.165, 1.54) is 0 Å². The maximum atomic E-state index is 13.5. The van der Waals surface area contributed by atoms with Gasteiger partial charge in [-0.05, 0) is 72.0 Å². The van der Waals surface area contributed by atoms with Crippen molar-refractivity contribution in [2.75, 3.05) is 32.7 Å². The molecular formula is C27H41N3O5. The maximum Gasteiger partial charge on any atom is 0.410 e. The minimum absolute atomic E-state index is 0.00892. The van der Waals surface area contributed by atoms with Crippen LogP contribution in [0.1, 0.15) is 65.4 Å². The summed E-state index contributed by atoms with van der Waals surface area (Å²) in [6, 6.07) is 9.66. The van der Waals surface area contributed by atoms with Crippen molar-refractivity contribution in [1.82, 2.24) is 15.1 Å². The molecule has 3 rings (SSSR count). The van der Waals surface area contributed by atoms with Gasteiger partial charge in [-0.15, -0.1) is 0 Å². The Morgan fingerprint density at radius 1 is 1.09 bits per heavy atom. The van der Waals surface area contributed by atoms with Crippen LogP contribution in [0.2, 0.25) is 0 Å². The van der Waals surface area contributed by atoms with Crippen LogP contribution in [0.4, 0.5) is 4.79 Å². The second kappa shape index (κ2) is 11.9. The summed E-state index contributed by atoms with van der Waals surface area (Å²) < 4.78 is 11.2. The Bertz CT molecular complexity index is 853. The first-order valence-corrected chi connectivity index (χ1v) is 12.8. The number of carbonyl (C=O) groups excluding carboxylic acids is 3. The van der Waals surface area contributed by atoms with Crippen molar-refractivity contribution in [3.63, 3.8) is 0 Å². The minimum Gasteiger partial charge on any atom is -0.460 e. The second-order valence-electron chi connectivity index (χ2n) is 10.6. The van der Waals surface area contributed by atoms with E-state index in [1.807, 2.05) is 62.9 Å². The normalized spacial score (nSPS) is 18.6. The molecule has 0 saturated carbocycles. The Morgan fingerprint density at radius 3 is 2.29 bits per heavy atom. The SMILES string of the molecule is CCN(C(=O)CC1(C(=O)OC(C)(C)C)CCNCC1)C1CCN(C(=O)OCc2ccccc2)CC1. The zero-order valence-electron chi connectivity index (χ0n) is 21.7. The van der Waals surface area contributed by atoms with E-state index in [2.05, 4.69) is 5.32 Å². The average molecular weight is 488 g/mol. The van der Waals surface area contributed by atoms with Gasteiger partial charge in [-0.3, -0.25) is 9.59 Å². The molecule has 2 aliphatic heterocycles. The molecule has 0 aromatic heterocycles. The lowest BCUT2D eigenvalue weighted by molar-refractivity contribution is -0.172. The Kier molecular flexibility index (Phi) is 9.16. The molecule has 0 aliphatic carbocycles. The van der Waals surface area contributed by atoms with Gasteiger partial charge in [-0.1, -0.05) is 30.3 Å². The van der Waals surface area contributed by atoms with E-state index in [9.17, 15) is 14.4 Å². The molecule has 1 N–H and O–H groups in total. The van der Waals surface area contributed by atoms with Gasteiger partial charge in [0.2, 0.25) is 5.91 Å². The zero-order valence-corrected chi connectivity index (χ0v) is 21.7. The molecule has 1 aromatic carbocycles. The number of amides is 2. The number of ether oxygens (including phenoxy) is 2. The Labute approximate surface area is 209 Å². The number of rotatable bonds is 7. The summed E-state index contributed by atoms with van der Waals surface area (Å²) in [7, 11) is 0. The molecule has 2 fully saturated rings. The Hall–Kier alpha value is -2.61. The molecule has 1 aromatic rings. The fourth-order valence-electron chi connectivity index (χ4n) is 4.94. The third-order valence-corrected chi connectivity index (χ3v) is 6.91. The Balaban J connectivity index is 1.56. The number of hydrogen-bond donors (Lipinski definition) is 1. The van der Waals surface area contributed by atoms with Gasteiger partial charge in [0.25, 0.3) is 0 Å². The summed E-state index contributed by atoms with van der Waals surface area (Å²) in [5, 5.41) is 3.29. The number of nitrogens with zero attached hydrogens (tertiary/aromatic N) is 2. The van der Waals surface area contributed by atoms with Crippen LogP contribution in [-0.4, -0.2) is 72.1 Å². The third-order valence-electron chi connectivity index (χ3n) is 6.91. The van der Waals surface area contributed by atoms with Crippen LogP contribution < -0.4 is 5.32 Å². The first-order valence-electron chi connectivity index (χ1n) is 12.8. The van der Waals surface area contributed by atoms with Gasteiger partial charge in [0.05, 0.1) is 5.41 Å². The largest absolute Gasteiger partial charge is 0.460 e. The lowest BCUT2D eigenvalue weighted by Crippen LogP contribution is -2.52. The fraction of sp³-hybridized carbons (Fsp3) is 0.667. The summed E-state index contributed by atoms with van der Waals surface area (Å²) in [5.74, 6) is -0.280. The van der Waals surface area contributed by atoms with Crippen molar-refractivity contribution in [2.45, 2.75) is 78.0 Å². The highest BCUT2D eigenvalue weighted by molar-refractivity contribution is 5.86. The molecule has 0 bridgehead atoms. The first kappa shape index (κ1) is 27.0. The maximum absolute atomic E-state index is 13.5. The molecule has 2 amide bonds. The van der Waals surface area contributed by atoms with Crippen LogP contribution in [0.15, 0.2) is 30.3 Å². The number of esters is 1. The van der Waals surface area contributed by atoms with Gasteiger partial charge in [0.1, 0.15) is 12.2 Å². The molecule has 2 saturated heterocycles. The summed E-state index contributed by atoms with van der Waals surface area (Å²) >= 11 is 0. The second-order valence-corrected chi connectivity index (χ2v) is 10.6. The standard InChI is InChI=1S/C27H41N3O5/c1-5-30(23(31)19-27(13-15-28-16-14-27)24(32)35-26(2,3)4)22-11-17-29(18-12-22)25(33)34-20-21-9-7-6-8-10-21/h6-10,22,28H,5,11-20H2,1-4H3. The molecule has 2 heterocycles. The van der Waals surface area contributed by atoms with Gasteiger partial charge < -0.3 is 24.6 Å². The average Bonchev–Trinajstić information content (AvgIpc) is 2.83.